The summed E-state index contributed by atoms with van der Waals surface area (Å²) in [6.45, 7) is 9.48. The Labute approximate surface area is 142 Å². The average Bonchev–Trinajstić information content (AvgIpc) is 3.01. The summed E-state index contributed by atoms with van der Waals surface area (Å²) in [5, 5.41) is 3.48. The quantitative estimate of drug-likeness (QED) is 0.877. The van der Waals surface area contributed by atoms with Crippen molar-refractivity contribution >= 4 is 28.3 Å². The lowest BCUT2D eigenvalue weighted by Crippen LogP contribution is -2.51. The highest BCUT2D eigenvalue weighted by atomic mass is 79.9. The van der Waals surface area contributed by atoms with E-state index in [2.05, 4.69) is 62.2 Å². The van der Waals surface area contributed by atoms with E-state index in [1.54, 1.807) is 0 Å². The fraction of sp³-hybridized carbons (Fsp3) is 0.625. The average molecular weight is 375 g/mol. The predicted octanol–water partition coefficient (Wildman–Crippen LogP) is 2.91. The molecule has 0 spiro atoms. The van der Waals surface area contributed by atoms with Gasteiger partial charge in [0.1, 0.15) is 0 Å². The van der Waals surface area contributed by atoms with Crippen LogP contribution in [0.15, 0.2) is 28.7 Å². The van der Waals surface area contributed by atoms with Gasteiger partial charge in [-0.1, -0.05) is 34.1 Å². The minimum Gasteiger partial charge on any atom is -0.315 e. The molecule has 1 aromatic carbocycles. The molecule has 0 aromatic heterocycles. The lowest BCUT2D eigenvalue weighted by Gasteiger charge is -2.40. The molecule has 1 N–H and O–H groups in total. The zero-order valence-corrected chi connectivity index (χ0v) is 15.0. The van der Waals surface area contributed by atoms with Crippen molar-refractivity contribution in [1.29, 1.82) is 0 Å². The second kappa shape index (κ2) is 7.93. The number of nitrogens with zero attached hydrogens (tertiary/aromatic N) is 2. The van der Waals surface area contributed by atoms with E-state index in [1.165, 1.54) is 55.7 Å². The van der Waals surface area contributed by atoms with Crippen molar-refractivity contribution in [2.45, 2.75) is 25.4 Å². The minimum absolute atomic E-state index is 0. The largest absolute Gasteiger partial charge is 0.315 e. The van der Waals surface area contributed by atoms with Crippen molar-refractivity contribution < 1.29 is 0 Å². The molecule has 3 rings (SSSR count). The van der Waals surface area contributed by atoms with Crippen molar-refractivity contribution in [3.8, 4) is 0 Å². The maximum atomic E-state index is 3.68. The van der Waals surface area contributed by atoms with Gasteiger partial charge in [0, 0.05) is 49.3 Å². The molecule has 2 saturated heterocycles. The highest BCUT2D eigenvalue weighted by Crippen LogP contribution is 2.28. The van der Waals surface area contributed by atoms with Gasteiger partial charge in [-0.15, -0.1) is 12.4 Å². The summed E-state index contributed by atoms with van der Waals surface area (Å²) in [5.74, 6) is 0. The third-order valence-corrected chi connectivity index (χ3v) is 5.52. The first kappa shape index (κ1) is 17.2. The standard InChI is InChI=1S/C16H24BrN3.ClH/c1-13(15-4-2-3-5-16(15)17)19-8-10-20(11-9-19)14-6-7-18-12-14;/h2-5,13-14,18H,6-12H2,1H3;1H. The molecule has 2 aliphatic rings. The molecule has 2 aliphatic heterocycles. The molecule has 0 bridgehead atoms. The van der Waals surface area contributed by atoms with Crippen molar-refractivity contribution in [3.05, 3.63) is 34.3 Å². The molecule has 0 saturated carbocycles. The lowest BCUT2D eigenvalue weighted by atomic mass is 10.1. The van der Waals surface area contributed by atoms with Crippen LogP contribution < -0.4 is 5.32 Å². The van der Waals surface area contributed by atoms with Crippen molar-refractivity contribution in [2.24, 2.45) is 0 Å². The van der Waals surface area contributed by atoms with E-state index in [0.29, 0.717) is 6.04 Å². The molecule has 0 aliphatic carbocycles. The van der Waals surface area contributed by atoms with Crippen molar-refractivity contribution in [1.82, 2.24) is 15.1 Å². The van der Waals surface area contributed by atoms with E-state index in [4.69, 9.17) is 0 Å². The van der Waals surface area contributed by atoms with E-state index in [9.17, 15) is 0 Å². The summed E-state index contributed by atoms with van der Waals surface area (Å²) in [5.41, 5.74) is 1.41. The Bertz CT molecular complexity index is 443. The Kier molecular flexibility index (Phi) is 6.51. The Balaban J connectivity index is 0.00000161. The fourth-order valence-corrected chi connectivity index (χ4v) is 4.07. The van der Waals surface area contributed by atoms with Crippen LogP contribution >= 0.6 is 28.3 Å². The van der Waals surface area contributed by atoms with Gasteiger partial charge in [-0.05, 0) is 31.5 Å². The van der Waals surface area contributed by atoms with E-state index < -0.39 is 0 Å². The van der Waals surface area contributed by atoms with Crippen LogP contribution in [0.4, 0.5) is 0 Å². The first-order chi connectivity index (χ1) is 9.75. The van der Waals surface area contributed by atoms with E-state index in [-0.39, 0.29) is 12.4 Å². The molecular formula is C16H25BrClN3. The zero-order chi connectivity index (χ0) is 13.9. The number of halogens is 2. The topological polar surface area (TPSA) is 18.5 Å². The summed E-state index contributed by atoms with van der Waals surface area (Å²) in [6, 6.07) is 9.88. The highest BCUT2D eigenvalue weighted by molar-refractivity contribution is 9.10. The minimum atomic E-state index is 0. The number of hydrogen-bond donors (Lipinski definition) is 1. The molecule has 2 fully saturated rings. The van der Waals surface area contributed by atoms with E-state index >= 15 is 0 Å². The second-order valence-corrected chi connectivity index (χ2v) is 6.77. The number of rotatable bonds is 3. The van der Waals surface area contributed by atoms with Gasteiger partial charge in [-0.25, -0.2) is 0 Å². The summed E-state index contributed by atoms with van der Waals surface area (Å²) in [7, 11) is 0. The Morgan fingerprint density at radius 2 is 1.90 bits per heavy atom. The number of benzene rings is 1. The van der Waals surface area contributed by atoms with Crippen LogP contribution in [0.3, 0.4) is 0 Å². The van der Waals surface area contributed by atoms with Crippen LogP contribution in [0, 0.1) is 0 Å². The molecular weight excluding hydrogens is 350 g/mol. The number of nitrogens with one attached hydrogen (secondary N) is 1. The second-order valence-electron chi connectivity index (χ2n) is 5.92. The SMILES string of the molecule is CC(c1ccccc1Br)N1CCN(C2CCNC2)CC1.Cl. The van der Waals surface area contributed by atoms with Gasteiger partial charge in [-0.2, -0.15) is 0 Å². The van der Waals surface area contributed by atoms with E-state index in [1.807, 2.05) is 0 Å². The van der Waals surface area contributed by atoms with Crippen LogP contribution in [0.25, 0.3) is 0 Å². The summed E-state index contributed by atoms with van der Waals surface area (Å²) < 4.78 is 1.23. The van der Waals surface area contributed by atoms with Crippen LogP contribution in [-0.2, 0) is 0 Å². The van der Waals surface area contributed by atoms with Gasteiger partial charge in [0.15, 0.2) is 0 Å². The van der Waals surface area contributed by atoms with Gasteiger partial charge in [-0.3, -0.25) is 9.80 Å². The molecule has 118 valence electrons. The maximum absolute atomic E-state index is 3.68. The maximum Gasteiger partial charge on any atom is 0.0332 e. The molecule has 5 heteroatoms. The van der Waals surface area contributed by atoms with Gasteiger partial charge in [0.05, 0.1) is 0 Å². The van der Waals surface area contributed by atoms with E-state index in [0.717, 1.165) is 6.04 Å². The van der Waals surface area contributed by atoms with Crippen molar-refractivity contribution in [3.63, 3.8) is 0 Å². The summed E-state index contributed by atoms with van der Waals surface area (Å²) in [6.07, 6.45) is 1.32. The molecule has 0 amide bonds. The van der Waals surface area contributed by atoms with Gasteiger partial charge < -0.3 is 5.32 Å². The highest BCUT2D eigenvalue weighted by Gasteiger charge is 2.28. The first-order valence-corrected chi connectivity index (χ1v) is 8.48. The Morgan fingerprint density at radius 3 is 2.52 bits per heavy atom. The third kappa shape index (κ3) is 3.99. The van der Waals surface area contributed by atoms with Crippen LogP contribution in [0.1, 0.15) is 24.9 Å². The van der Waals surface area contributed by atoms with Crippen LogP contribution in [-0.4, -0.2) is 55.1 Å². The zero-order valence-electron chi connectivity index (χ0n) is 12.6. The molecule has 2 heterocycles. The monoisotopic (exact) mass is 373 g/mol. The molecule has 2 unspecified atom stereocenters. The first-order valence-electron chi connectivity index (χ1n) is 7.69. The van der Waals surface area contributed by atoms with Gasteiger partial charge in [0.25, 0.3) is 0 Å². The molecule has 1 aromatic rings. The predicted molar refractivity (Wildman–Crippen MR) is 94.2 cm³/mol. The van der Waals surface area contributed by atoms with Crippen LogP contribution in [0.2, 0.25) is 0 Å². The molecule has 0 radical (unpaired) electrons. The molecule has 3 nitrogen and oxygen atoms in total. The number of piperazine rings is 1. The van der Waals surface area contributed by atoms with Crippen LogP contribution in [0.5, 0.6) is 0 Å². The third-order valence-electron chi connectivity index (χ3n) is 4.80. The smallest absolute Gasteiger partial charge is 0.0332 e. The number of hydrogen-bond acceptors (Lipinski definition) is 3. The summed E-state index contributed by atoms with van der Waals surface area (Å²) in [4.78, 5) is 5.28. The molecule has 21 heavy (non-hydrogen) atoms. The molecule has 2 atom stereocenters. The fourth-order valence-electron chi connectivity index (χ4n) is 3.45. The van der Waals surface area contributed by atoms with Gasteiger partial charge >= 0.3 is 0 Å². The van der Waals surface area contributed by atoms with Gasteiger partial charge in [0.2, 0.25) is 0 Å². The Morgan fingerprint density at radius 1 is 1.19 bits per heavy atom. The lowest BCUT2D eigenvalue weighted by molar-refractivity contribution is 0.0785. The van der Waals surface area contributed by atoms with Crippen molar-refractivity contribution in [2.75, 3.05) is 39.3 Å². The normalized spacial score (nSPS) is 25.5. The Hall–Kier alpha value is -0.130. The summed E-state index contributed by atoms with van der Waals surface area (Å²) >= 11 is 3.68.